The summed E-state index contributed by atoms with van der Waals surface area (Å²) < 4.78 is 0. The zero-order valence-corrected chi connectivity index (χ0v) is 14.6. The molecular weight excluding hydrogens is 322 g/mol. The zero-order chi connectivity index (χ0) is 18.0. The number of imidazole rings is 1. The van der Waals surface area contributed by atoms with Crippen LogP contribution in [0.15, 0.2) is 83.2 Å². The van der Waals surface area contributed by atoms with Crippen molar-refractivity contribution in [1.29, 1.82) is 0 Å². The molecule has 0 atom stereocenters. The van der Waals surface area contributed by atoms with E-state index in [1.54, 1.807) is 6.33 Å². The van der Waals surface area contributed by atoms with Crippen molar-refractivity contribution in [3.63, 3.8) is 0 Å². The normalized spacial score (nSPS) is 12.1. The van der Waals surface area contributed by atoms with Gasteiger partial charge in [-0.15, -0.1) is 0 Å². The van der Waals surface area contributed by atoms with E-state index in [0.717, 1.165) is 18.5 Å². The molecule has 132 valence electrons. The minimum atomic E-state index is 0.0520. The van der Waals surface area contributed by atoms with Gasteiger partial charge in [-0.05, 0) is 24.0 Å². The lowest BCUT2D eigenvalue weighted by Gasteiger charge is -2.13. The predicted octanol–water partition coefficient (Wildman–Crippen LogP) is 3.56. The number of nitrogens with two attached hydrogens (primary N) is 1. The van der Waals surface area contributed by atoms with Crippen LogP contribution in [0.2, 0.25) is 0 Å². The van der Waals surface area contributed by atoms with Crippen molar-refractivity contribution in [1.82, 2.24) is 9.97 Å². The van der Waals surface area contributed by atoms with E-state index in [9.17, 15) is 0 Å². The van der Waals surface area contributed by atoms with E-state index in [-0.39, 0.29) is 5.92 Å². The fourth-order valence-corrected chi connectivity index (χ4v) is 2.76. The van der Waals surface area contributed by atoms with Crippen molar-refractivity contribution in [2.75, 3.05) is 6.54 Å². The van der Waals surface area contributed by atoms with E-state index in [1.807, 2.05) is 48.8 Å². The Labute approximate surface area is 153 Å². The molecule has 0 spiro atoms. The Balaban J connectivity index is 1.65. The van der Waals surface area contributed by atoms with Gasteiger partial charge in [-0.1, -0.05) is 60.7 Å². The largest absolute Gasteiger partial charge is 0.368 e. The SMILES string of the molecule is NC(=NCCCc1cnc[nH]1)/N=C/C(c1ccccc1)c1ccccc1. The number of benzene rings is 2. The number of aromatic amines is 1. The van der Waals surface area contributed by atoms with Crippen LogP contribution in [-0.2, 0) is 6.42 Å². The Morgan fingerprint density at radius 1 is 1.04 bits per heavy atom. The van der Waals surface area contributed by atoms with Gasteiger partial charge in [0, 0.05) is 30.6 Å². The van der Waals surface area contributed by atoms with Gasteiger partial charge in [0.2, 0.25) is 5.96 Å². The van der Waals surface area contributed by atoms with Crippen molar-refractivity contribution in [2.24, 2.45) is 15.7 Å². The Hall–Kier alpha value is -3.21. The van der Waals surface area contributed by atoms with Crippen LogP contribution in [0.3, 0.4) is 0 Å². The van der Waals surface area contributed by atoms with E-state index in [4.69, 9.17) is 5.73 Å². The van der Waals surface area contributed by atoms with Gasteiger partial charge in [0.15, 0.2) is 0 Å². The second-order valence-electron chi connectivity index (χ2n) is 6.00. The summed E-state index contributed by atoms with van der Waals surface area (Å²) in [6.45, 7) is 0.642. The number of aromatic nitrogens is 2. The lowest BCUT2D eigenvalue weighted by atomic mass is 9.92. The Bertz CT molecular complexity index is 784. The van der Waals surface area contributed by atoms with Crippen molar-refractivity contribution in [2.45, 2.75) is 18.8 Å². The lowest BCUT2D eigenvalue weighted by Crippen LogP contribution is -2.12. The summed E-state index contributed by atoms with van der Waals surface area (Å²) in [7, 11) is 0. The van der Waals surface area contributed by atoms with Gasteiger partial charge in [-0.2, -0.15) is 0 Å². The molecule has 0 bridgehead atoms. The van der Waals surface area contributed by atoms with Crippen molar-refractivity contribution < 1.29 is 0 Å². The first kappa shape index (κ1) is 17.6. The number of nitrogens with one attached hydrogen (secondary N) is 1. The van der Waals surface area contributed by atoms with Crippen molar-refractivity contribution in [3.8, 4) is 0 Å². The van der Waals surface area contributed by atoms with E-state index >= 15 is 0 Å². The summed E-state index contributed by atoms with van der Waals surface area (Å²) in [5.41, 5.74) is 9.43. The molecule has 0 saturated heterocycles. The molecule has 5 heteroatoms. The highest BCUT2D eigenvalue weighted by Gasteiger charge is 2.11. The molecule has 0 aliphatic carbocycles. The Morgan fingerprint density at radius 2 is 1.69 bits per heavy atom. The Kier molecular flexibility index (Phi) is 6.31. The third-order valence-electron chi connectivity index (χ3n) is 4.11. The number of hydrogen-bond donors (Lipinski definition) is 2. The standard InChI is InChI=1S/C21H23N5/c22-21(24-13-7-12-19-14-23-16-26-19)25-15-20(17-8-3-1-4-9-17)18-10-5-2-6-11-18/h1-6,8-11,14-16,20H,7,12-13H2,(H2,22,24)(H,23,26)/b25-15+. The molecule has 5 nitrogen and oxygen atoms in total. The molecule has 0 unspecified atom stereocenters. The van der Waals surface area contributed by atoms with Crippen LogP contribution in [0.1, 0.15) is 29.2 Å². The molecule has 1 heterocycles. The zero-order valence-electron chi connectivity index (χ0n) is 14.6. The average Bonchev–Trinajstić information content (AvgIpc) is 3.21. The molecule has 3 rings (SSSR count). The van der Waals surface area contributed by atoms with Gasteiger partial charge in [-0.3, -0.25) is 4.99 Å². The molecule has 26 heavy (non-hydrogen) atoms. The van der Waals surface area contributed by atoms with E-state index < -0.39 is 0 Å². The molecule has 3 aromatic rings. The van der Waals surface area contributed by atoms with Gasteiger partial charge in [-0.25, -0.2) is 9.98 Å². The summed E-state index contributed by atoms with van der Waals surface area (Å²) in [4.78, 5) is 15.8. The number of H-pyrrole nitrogens is 1. The minimum absolute atomic E-state index is 0.0520. The predicted molar refractivity (Wildman–Crippen MR) is 107 cm³/mol. The number of guanidine groups is 1. The molecule has 0 aliphatic heterocycles. The van der Waals surface area contributed by atoms with Crippen LogP contribution in [0.4, 0.5) is 0 Å². The van der Waals surface area contributed by atoms with Crippen LogP contribution in [0.5, 0.6) is 0 Å². The number of nitrogens with zero attached hydrogens (tertiary/aromatic N) is 3. The molecule has 2 aromatic carbocycles. The quantitative estimate of drug-likeness (QED) is 0.390. The number of aliphatic imine (C=N–C) groups is 2. The fourth-order valence-electron chi connectivity index (χ4n) is 2.76. The van der Waals surface area contributed by atoms with E-state index in [0.29, 0.717) is 12.5 Å². The highest BCUT2D eigenvalue weighted by Crippen LogP contribution is 2.22. The highest BCUT2D eigenvalue weighted by molar-refractivity contribution is 5.89. The van der Waals surface area contributed by atoms with E-state index in [2.05, 4.69) is 44.2 Å². The Morgan fingerprint density at radius 3 is 2.27 bits per heavy atom. The monoisotopic (exact) mass is 345 g/mol. The fraction of sp³-hybridized carbons (Fsp3) is 0.190. The maximum Gasteiger partial charge on any atom is 0.214 e. The second-order valence-corrected chi connectivity index (χ2v) is 6.00. The average molecular weight is 345 g/mol. The molecule has 0 saturated carbocycles. The van der Waals surface area contributed by atoms with Crippen molar-refractivity contribution in [3.05, 3.63) is 90.0 Å². The van der Waals surface area contributed by atoms with Gasteiger partial charge in [0.1, 0.15) is 0 Å². The van der Waals surface area contributed by atoms with Gasteiger partial charge in [0.05, 0.1) is 6.33 Å². The summed E-state index contributed by atoms with van der Waals surface area (Å²) in [5.74, 6) is 0.364. The summed E-state index contributed by atoms with van der Waals surface area (Å²) in [6.07, 6.45) is 7.19. The number of hydrogen-bond acceptors (Lipinski definition) is 2. The number of aryl methyl sites for hydroxylation is 1. The first-order valence-electron chi connectivity index (χ1n) is 8.74. The highest BCUT2D eigenvalue weighted by atomic mass is 15.0. The van der Waals surface area contributed by atoms with Gasteiger partial charge in [0.25, 0.3) is 0 Å². The summed E-state index contributed by atoms with van der Waals surface area (Å²) in [5, 5.41) is 0. The van der Waals surface area contributed by atoms with Crippen molar-refractivity contribution >= 4 is 12.2 Å². The van der Waals surface area contributed by atoms with E-state index in [1.165, 1.54) is 11.1 Å². The minimum Gasteiger partial charge on any atom is -0.368 e. The van der Waals surface area contributed by atoms with Gasteiger partial charge < -0.3 is 10.7 Å². The number of rotatable bonds is 7. The topological polar surface area (TPSA) is 79.4 Å². The summed E-state index contributed by atoms with van der Waals surface area (Å²) in [6, 6.07) is 20.6. The molecule has 1 aromatic heterocycles. The first-order valence-corrected chi connectivity index (χ1v) is 8.74. The van der Waals surface area contributed by atoms with Crippen LogP contribution >= 0.6 is 0 Å². The van der Waals surface area contributed by atoms with Crippen LogP contribution < -0.4 is 5.73 Å². The molecule has 3 N–H and O–H groups in total. The summed E-state index contributed by atoms with van der Waals surface area (Å²) >= 11 is 0. The van der Waals surface area contributed by atoms with Gasteiger partial charge >= 0.3 is 0 Å². The van der Waals surface area contributed by atoms with Crippen LogP contribution in [0, 0.1) is 0 Å². The molecule has 0 fully saturated rings. The smallest absolute Gasteiger partial charge is 0.214 e. The van der Waals surface area contributed by atoms with Crippen LogP contribution in [-0.4, -0.2) is 28.7 Å². The third kappa shape index (κ3) is 5.14. The maximum absolute atomic E-state index is 5.97. The van der Waals surface area contributed by atoms with Crippen LogP contribution in [0.25, 0.3) is 0 Å². The third-order valence-corrected chi connectivity index (χ3v) is 4.11. The molecule has 0 aliphatic rings. The maximum atomic E-state index is 5.97. The molecular formula is C21H23N5. The first-order chi connectivity index (χ1) is 12.8. The molecule has 0 radical (unpaired) electrons. The second kappa shape index (κ2) is 9.32. The molecule has 0 amide bonds. The lowest BCUT2D eigenvalue weighted by molar-refractivity contribution is 0.814.